The number of ether oxygens (including phenoxy) is 1. The molecule has 1 aromatic heterocycles. The Morgan fingerprint density at radius 3 is 2.88 bits per heavy atom. The second-order valence-electron chi connectivity index (χ2n) is 2.72. The van der Waals surface area contributed by atoms with Gasteiger partial charge >= 0.3 is 0 Å². The Hall–Kier alpha value is -0.960. The van der Waals surface area contributed by atoms with Crippen LogP contribution in [0.4, 0.5) is 5.82 Å². The van der Waals surface area contributed by atoms with Crippen LogP contribution in [0.1, 0.15) is 0 Å². The van der Waals surface area contributed by atoms with Crippen LogP contribution in [0.15, 0.2) is 12.4 Å². The number of nitrogens with one attached hydrogen (secondary N) is 2. The number of halogens is 1. The molecule has 9 heteroatoms. The lowest BCUT2D eigenvalue weighted by molar-refractivity contribution is 0.204. The highest BCUT2D eigenvalue weighted by molar-refractivity contribution is 7.90. The van der Waals surface area contributed by atoms with E-state index in [1.54, 1.807) is 0 Å². The van der Waals surface area contributed by atoms with Crippen LogP contribution in [0.3, 0.4) is 0 Å². The second-order valence-corrected chi connectivity index (χ2v) is 4.61. The molecule has 0 fully saturated rings. The molecule has 0 aliphatic heterocycles. The number of aromatic nitrogens is 2. The van der Waals surface area contributed by atoms with Gasteiger partial charge < -0.3 is 4.74 Å². The van der Waals surface area contributed by atoms with Gasteiger partial charge in [-0.2, -0.15) is 13.1 Å². The van der Waals surface area contributed by atoms with Crippen LogP contribution in [0, 0.1) is 0 Å². The molecule has 0 radical (unpaired) electrons. The average molecular weight is 267 g/mol. The van der Waals surface area contributed by atoms with Crippen molar-refractivity contribution in [2.45, 2.75) is 0 Å². The predicted octanol–water partition coefficient (Wildman–Crippen LogP) is 0.0227. The van der Waals surface area contributed by atoms with E-state index in [1.807, 2.05) is 0 Å². The summed E-state index contributed by atoms with van der Waals surface area (Å²) in [4.78, 5) is 7.32. The third-order valence-electron chi connectivity index (χ3n) is 1.47. The van der Waals surface area contributed by atoms with Gasteiger partial charge in [0.2, 0.25) is 0 Å². The van der Waals surface area contributed by atoms with E-state index in [0.717, 1.165) is 6.33 Å². The van der Waals surface area contributed by atoms with E-state index in [-0.39, 0.29) is 24.1 Å². The van der Waals surface area contributed by atoms with Crippen LogP contribution in [-0.2, 0) is 14.9 Å². The molecule has 16 heavy (non-hydrogen) atoms. The van der Waals surface area contributed by atoms with Crippen LogP contribution in [0.2, 0.25) is 5.15 Å². The normalized spacial score (nSPS) is 11.4. The second kappa shape index (κ2) is 5.94. The fraction of sp³-hybridized carbons (Fsp3) is 0.429. The van der Waals surface area contributed by atoms with Gasteiger partial charge in [0, 0.05) is 19.7 Å². The van der Waals surface area contributed by atoms with E-state index in [2.05, 4.69) is 19.4 Å². The Balaban J connectivity index is 2.59. The topological polar surface area (TPSA) is 93.2 Å². The van der Waals surface area contributed by atoms with Gasteiger partial charge in [0.1, 0.15) is 17.3 Å². The molecule has 0 spiro atoms. The first-order valence-electron chi connectivity index (χ1n) is 4.27. The van der Waals surface area contributed by atoms with Gasteiger partial charge in [-0.25, -0.2) is 9.97 Å². The van der Waals surface area contributed by atoms with Crippen molar-refractivity contribution in [1.29, 1.82) is 0 Å². The number of hydrogen-bond acceptors (Lipinski definition) is 5. The minimum atomic E-state index is -3.65. The van der Waals surface area contributed by atoms with Crippen LogP contribution in [0.25, 0.3) is 0 Å². The first kappa shape index (κ1) is 13.1. The number of rotatable bonds is 6. The molecule has 7 nitrogen and oxygen atoms in total. The Morgan fingerprint density at radius 1 is 1.50 bits per heavy atom. The maximum absolute atomic E-state index is 11.4. The highest BCUT2D eigenvalue weighted by Crippen LogP contribution is 2.09. The molecule has 2 N–H and O–H groups in total. The first-order chi connectivity index (χ1) is 7.53. The van der Waals surface area contributed by atoms with E-state index >= 15 is 0 Å². The molecule has 0 atom stereocenters. The predicted molar refractivity (Wildman–Crippen MR) is 59.5 cm³/mol. The van der Waals surface area contributed by atoms with Gasteiger partial charge in [-0.05, 0) is 0 Å². The number of nitrogens with zero attached hydrogens (tertiary/aromatic N) is 2. The number of anilines is 1. The van der Waals surface area contributed by atoms with Crippen molar-refractivity contribution in [3.8, 4) is 0 Å². The van der Waals surface area contributed by atoms with Crippen molar-refractivity contribution in [2.75, 3.05) is 25.0 Å². The zero-order chi connectivity index (χ0) is 12.0. The van der Waals surface area contributed by atoms with Gasteiger partial charge in [-0.15, -0.1) is 0 Å². The van der Waals surface area contributed by atoms with Crippen LogP contribution in [0.5, 0.6) is 0 Å². The van der Waals surface area contributed by atoms with Crippen molar-refractivity contribution < 1.29 is 13.2 Å². The van der Waals surface area contributed by atoms with E-state index in [1.165, 1.54) is 13.2 Å². The maximum Gasteiger partial charge on any atom is 0.300 e. The lowest BCUT2D eigenvalue weighted by Gasteiger charge is -2.07. The molecule has 0 bridgehead atoms. The zero-order valence-electron chi connectivity index (χ0n) is 8.47. The molecule has 0 aromatic carbocycles. The summed E-state index contributed by atoms with van der Waals surface area (Å²) in [5, 5.41) is 0.157. The fourth-order valence-corrected chi connectivity index (χ4v) is 1.80. The summed E-state index contributed by atoms with van der Waals surface area (Å²) in [7, 11) is -2.17. The SMILES string of the molecule is COCCNS(=O)(=O)Nc1cc(Cl)ncn1. The van der Waals surface area contributed by atoms with Crippen molar-refractivity contribution >= 4 is 27.6 Å². The van der Waals surface area contributed by atoms with Gasteiger partial charge in [-0.3, -0.25) is 4.72 Å². The Bertz CT molecular complexity index is 439. The summed E-state index contributed by atoms with van der Waals surface area (Å²) in [6.45, 7) is 0.454. The van der Waals surface area contributed by atoms with Crippen LogP contribution < -0.4 is 9.44 Å². The molecule has 1 aromatic rings. The van der Waals surface area contributed by atoms with Gasteiger partial charge in [-0.1, -0.05) is 11.6 Å². The van der Waals surface area contributed by atoms with Crippen LogP contribution in [-0.4, -0.2) is 38.6 Å². The maximum atomic E-state index is 11.4. The first-order valence-corrected chi connectivity index (χ1v) is 6.13. The Labute approximate surface area is 98.4 Å². The lowest BCUT2D eigenvalue weighted by Crippen LogP contribution is -2.32. The molecule has 0 aliphatic carbocycles. The molecule has 0 saturated carbocycles. The molecular formula is C7H11ClN4O3S. The molecule has 0 unspecified atom stereocenters. The monoisotopic (exact) mass is 266 g/mol. The summed E-state index contributed by atoms with van der Waals surface area (Å²) in [5.41, 5.74) is 0. The molecule has 0 saturated heterocycles. The number of hydrogen-bond donors (Lipinski definition) is 2. The van der Waals surface area contributed by atoms with Gasteiger partial charge in [0.05, 0.1) is 6.61 Å². The van der Waals surface area contributed by atoms with Crippen molar-refractivity contribution in [2.24, 2.45) is 0 Å². The molecule has 90 valence electrons. The number of methoxy groups -OCH3 is 1. The molecule has 1 rings (SSSR count). The Morgan fingerprint density at radius 2 is 2.25 bits per heavy atom. The minimum Gasteiger partial charge on any atom is -0.383 e. The standard InChI is InChI=1S/C7H11ClN4O3S/c1-15-3-2-11-16(13,14)12-7-4-6(8)9-5-10-7/h4-5,11H,2-3H2,1H3,(H,9,10,12). The summed E-state index contributed by atoms with van der Waals surface area (Å²) >= 11 is 5.57. The zero-order valence-corrected chi connectivity index (χ0v) is 10.0. The van der Waals surface area contributed by atoms with Crippen LogP contribution >= 0.6 is 11.6 Å². The fourth-order valence-electron chi connectivity index (χ4n) is 0.841. The highest BCUT2D eigenvalue weighted by Gasteiger charge is 2.09. The summed E-state index contributed by atoms with van der Waals surface area (Å²) in [5.74, 6) is 0.102. The molecule has 0 aliphatic rings. The lowest BCUT2D eigenvalue weighted by atomic mass is 10.6. The Kier molecular flexibility index (Phi) is 4.87. The average Bonchev–Trinajstić information content (AvgIpc) is 2.17. The molecule has 0 amide bonds. The third-order valence-corrected chi connectivity index (χ3v) is 2.74. The summed E-state index contributed by atoms with van der Waals surface area (Å²) in [6.07, 6.45) is 1.16. The van der Waals surface area contributed by atoms with E-state index in [4.69, 9.17) is 16.3 Å². The van der Waals surface area contributed by atoms with Gasteiger partial charge in [0.25, 0.3) is 10.2 Å². The summed E-state index contributed by atoms with van der Waals surface area (Å²) < 4.78 is 32.0. The quantitative estimate of drug-likeness (QED) is 0.559. The molecular weight excluding hydrogens is 256 g/mol. The van der Waals surface area contributed by atoms with Gasteiger partial charge in [0.15, 0.2) is 0 Å². The van der Waals surface area contributed by atoms with Crippen molar-refractivity contribution in [1.82, 2.24) is 14.7 Å². The van der Waals surface area contributed by atoms with Crippen molar-refractivity contribution in [3.63, 3.8) is 0 Å². The third kappa shape index (κ3) is 4.71. The smallest absolute Gasteiger partial charge is 0.300 e. The highest BCUT2D eigenvalue weighted by atomic mass is 35.5. The largest absolute Gasteiger partial charge is 0.383 e. The minimum absolute atomic E-state index is 0.102. The summed E-state index contributed by atoms with van der Waals surface area (Å²) in [6, 6.07) is 1.30. The molecule has 1 heterocycles. The van der Waals surface area contributed by atoms with E-state index in [9.17, 15) is 8.42 Å². The van der Waals surface area contributed by atoms with Crippen molar-refractivity contribution in [3.05, 3.63) is 17.5 Å². The van der Waals surface area contributed by atoms with E-state index < -0.39 is 10.2 Å². The van der Waals surface area contributed by atoms with E-state index in [0.29, 0.717) is 0 Å².